The quantitative estimate of drug-likeness (QED) is 0.824. The molecule has 1 saturated heterocycles. The predicted molar refractivity (Wildman–Crippen MR) is 88.5 cm³/mol. The van der Waals surface area contributed by atoms with E-state index in [1.54, 1.807) is 0 Å². The third kappa shape index (κ3) is 2.93. The van der Waals surface area contributed by atoms with Gasteiger partial charge >= 0.3 is 0 Å². The molecule has 5 nitrogen and oxygen atoms in total. The summed E-state index contributed by atoms with van der Waals surface area (Å²) in [5.41, 5.74) is 6.48. The maximum absolute atomic E-state index is 12.3. The Morgan fingerprint density at radius 3 is 2.86 bits per heavy atom. The van der Waals surface area contributed by atoms with E-state index in [1.165, 1.54) is 11.3 Å². The summed E-state index contributed by atoms with van der Waals surface area (Å²) in [6.07, 6.45) is 0.463. The van der Waals surface area contributed by atoms with E-state index in [0.29, 0.717) is 17.0 Å². The minimum absolute atomic E-state index is 0.00902. The van der Waals surface area contributed by atoms with E-state index in [4.69, 9.17) is 5.73 Å². The van der Waals surface area contributed by atoms with Crippen LogP contribution in [0, 0.1) is 0 Å². The van der Waals surface area contributed by atoms with Gasteiger partial charge in [-0.1, -0.05) is 22.0 Å². The Labute approximate surface area is 134 Å². The molecule has 3 rings (SSSR count). The number of rotatable bonds is 2. The first kappa shape index (κ1) is 14.8. The molecule has 0 aliphatic carbocycles. The second-order valence-corrected chi connectivity index (χ2v) is 9.26. The predicted octanol–water partition coefficient (Wildman–Crippen LogP) is 2.16. The first-order valence-electron chi connectivity index (χ1n) is 6.34. The lowest BCUT2D eigenvalue weighted by Crippen LogP contribution is -2.35. The lowest BCUT2D eigenvalue weighted by molar-refractivity contribution is 0.0946. The number of nitrogens with two attached hydrogens (primary N) is 1. The maximum atomic E-state index is 12.3. The summed E-state index contributed by atoms with van der Waals surface area (Å²) < 4.78 is 24.7. The van der Waals surface area contributed by atoms with E-state index >= 15 is 0 Å². The molecule has 0 bridgehead atoms. The highest BCUT2D eigenvalue weighted by molar-refractivity contribution is 9.10. The van der Waals surface area contributed by atoms with Crippen LogP contribution in [0.3, 0.4) is 0 Å². The molecule has 112 valence electrons. The fraction of sp³-hybridized carbons (Fsp3) is 0.308. The zero-order valence-electron chi connectivity index (χ0n) is 10.9. The summed E-state index contributed by atoms with van der Waals surface area (Å²) in [4.78, 5) is 12.7. The van der Waals surface area contributed by atoms with E-state index in [9.17, 15) is 13.2 Å². The summed E-state index contributed by atoms with van der Waals surface area (Å²) in [6.45, 7) is 0. The van der Waals surface area contributed by atoms with Crippen molar-refractivity contribution in [2.75, 3.05) is 17.2 Å². The molecule has 21 heavy (non-hydrogen) atoms. The first-order valence-corrected chi connectivity index (χ1v) is 9.77. The van der Waals surface area contributed by atoms with Crippen molar-refractivity contribution in [3.63, 3.8) is 0 Å². The Kier molecular flexibility index (Phi) is 3.71. The van der Waals surface area contributed by atoms with Crippen LogP contribution in [0.15, 0.2) is 22.7 Å². The number of fused-ring (bicyclic) bond motifs is 1. The van der Waals surface area contributed by atoms with Crippen LogP contribution < -0.4 is 11.1 Å². The van der Waals surface area contributed by atoms with Crippen LogP contribution in [-0.4, -0.2) is 31.9 Å². The number of carbonyl (C=O) groups is 1. The van der Waals surface area contributed by atoms with Gasteiger partial charge in [0.25, 0.3) is 5.91 Å². The number of halogens is 1. The molecule has 2 aromatic rings. The number of hydrogen-bond donors (Lipinski definition) is 2. The lowest BCUT2D eigenvalue weighted by atomic mass is 10.2. The third-order valence-electron chi connectivity index (χ3n) is 3.46. The van der Waals surface area contributed by atoms with Crippen molar-refractivity contribution in [1.29, 1.82) is 0 Å². The molecule has 1 atom stereocenters. The zero-order chi connectivity index (χ0) is 15.2. The minimum atomic E-state index is -3.01. The highest BCUT2D eigenvalue weighted by Crippen LogP contribution is 2.35. The molecule has 8 heteroatoms. The van der Waals surface area contributed by atoms with Crippen LogP contribution in [0.4, 0.5) is 5.69 Å². The van der Waals surface area contributed by atoms with Crippen molar-refractivity contribution in [2.45, 2.75) is 12.5 Å². The molecule has 1 aliphatic rings. The summed E-state index contributed by atoms with van der Waals surface area (Å²) >= 11 is 4.70. The Morgan fingerprint density at radius 2 is 2.19 bits per heavy atom. The zero-order valence-corrected chi connectivity index (χ0v) is 14.1. The number of nitrogens with one attached hydrogen (secondary N) is 1. The maximum Gasteiger partial charge on any atom is 0.263 e. The van der Waals surface area contributed by atoms with Gasteiger partial charge in [-0.3, -0.25) is 4.79 Å². The molecule has 1 aromatic heterocycles. The monoisotopic (exact) mass is 388 g/mol. The second kappa shape index (κ2) is 5.26. The fourth-order valence-electron chi connectivity index (χ4n) is 2.42. The number of sulfone groups is 1. The largest absolute Gasteiger partial charge is 0.397 e. The molecule has 0 saturated carbocycles. The Hall–Kier alpha value is -1.12. The molecular formula is C13H13BrN2O3S2. The van der Waals surface area contributed by atoms with Crippen LogP contribution in [0.5, 0.6) is 0 Å². The highest BCUT2D eigenvalue weighted by Gasteiger charge is 2.30. The average molecular weight is 389 g/mol. The molecule has 0 spiro atoms. The third-order valence-corrected chi connectivity index (χ3v) is 6.89. The first-order chi connectivity index (χ1) is 9.85. The normalized spacial score (nSPS) is 20.7. The van der Waals surface area contributed by atoms with Crippen molar-refractivity contribution in [1.82, 2.24) is 5.32 Å². The van der Waals surface area contributed by atoms with Gasteiger partial charge in [0.05, 0.1) is 17.2 Å². The SMILES string of the molecule is Nc1c(C(=O)NC2CCS(=O)(=O)C2)sc2cc(Br)ccc12. The van der Waals surface area contributed by atoms with Crippen LogP contribution in [-0.2, 0) is 9.84 Å². The van der Waals surface area contributed by atoms with Gasteiger partial charge in [0.1, 0.15) is 4.88 Å². The van der Waals surface area contributed by atoms with E-state index in [-0.39, 0.29) is 23.5 Å². The molecule has 1 aromatic carbocycles. The van der Waals surface area contributed by atoms with Gasteiger partial charge in [0.2, 0.25) is 0 Å². The average Bonchev–Trinajstić information content (AvgIpc) is 2.90. The molecule has 0 radical (unpaired) electrons. The summed E-state index contributed by atoms with van der Waals surface area (Å²) in [6, 6.07) is 5.32. The lowest BCUT2D eigenvalue weighted by Gasteiger charge is -2.09. The molecule has 2 heterocycles. The summed E-state index contributed by atoms with van der Waals surface area (Å²) in [7, 11) is -3.01. The van der Waals surface area contributed by atoms with Crippen LogP contribution in [0.25, 0.3) is 10.1 Å². The molecule has 1 aliphatic heterocycles. The van der Waals surface area contributed by atoms with Crippen molar-refractivity contribution in [3.05, 3.63) is 27.5 Å². The number of carbonyl (C=O) groups excluding carboxylic acids is 1. The number of hydrogen-bond acceptors (Lipinski definition) is 5. The second-order valence-electron chi connectivity index (χ2n) is 5.06. The number of thiophene rings is 1. The molecular weight excluding hydrogens is 376 g/mol. The Bertz CT molecular complexity index is 829. The topological polar surface area (TPSA) is 89.3 Å². The number of benzene rings is 1. The van der Waals surface area contributed by atoms with E-state index in [1.807, 2.05) is 18.2 Å². The fourth-order valence-corrected chi connectivity index (χ4v) is 5.67. The molecule has 1 unspecified atom stereocenters. The van der Waals surface area contributed by atoms with Crippen molar-refractivity contribution >= 4 is 58.8 Å². The van der Waals surface area contributed by atoms with Gasteiger partial charge in [-0.25, -0.2) is 8.42 Å². The summed E-state index contributed by atoms with van der Waals surface area (Å²) in [5, 5.41) is 3.61. The Balaban J connectivity index is 1.87. The highest BCUT2D eigenvalue weighted by atomic mass is 79.9. The molecule has 3 N–H and O–H groups in total. The van der Waals surface area contributed by atoms with Crippen molar-refractivity contribution in [2.24, 2.45) is 0 Å². The van der Waals surface area contributed by atoms with Crippen LogP contribution in [0.1, 0.15) is 16.1 Å². The number of anilines is 1. The van der Waals surface area contributed by atoms with Crippen LogP contribution in [0.2, 0.25) is 0 Å². The minimum Gasteiger partial charge on any atom is -0.397 e. The van der Waals surface area contributed by atoms with Crippen molar-refractivity contribution in [3.8, 4) is 0 Å². The van der Waals surface area contributed by atoms with Gasteiger partial charge in [-0.05, 0) is 18.6 Å². The van der Waals surface area contributed by atoms with E-state index in [0.717, 1.165) is 14.6 Å². The van der Waals surface area contributed by atoms with Gasteiger partial charge < -0.3 is 11.1 Å². The van der Waals surface area contributed by atoms with Gasteiger partial charge in [0, 0.05) is 20.6 Å². The van der Waals surface area contributed by atoms with Crippen molar-refractivity contribution < 1.29 is 13.2 Å². The van der Waals surface area contributed by atoms with E-state index in [2.05, 4.69) is 21.2 Å². The van der Waals surface area contributed by atoms with Gasteiger partial charge in [-0.15, -0.1) is 11.3 Å². The molecule has 1 fully saturated rings. The smallest absolute Gasteiger partial charge is 0.263 e. The Morgan fingerprint density at radius 1 is 1.43 bits per heavy atom. The number of amides is 1. The van der Waals surface area contributed by atoms with Gasteiger partial charge in [0.15, 0.2) is 9.84 Å². The van der Waals surface area contributed by atoms with E-state index < -0.39 is 9.84 Å². The summed E-state index contributed by atoms with van der Waals surface area (Å²) in [5.74, 6) is -0.158. The van der Waals surface area contributed by atoms with Gasteiger partial charge in [-0.2, -0.15) is 0 Å². The molecule has 1 amide bonds. The number of nitrogen functional groups attached to an aromatic ring is 1. The standard InChI is InChI=1S/C13H13BrN2O3S2/c14-7-1-2-9-10(5-7)20-12(11(9)15)13(17)16-8-3-4-21(18,19)6-8/h1-2,5,8H,3-4,6,15H2,(H,16,17). The van der Waals surface area contributed by atoms with Crippen LogP contribution >= 0.6 is 27.3 Å².